The van der Waals surface area contributed by atoms with Crippen molar-refractivity contribution in [3.05, 3.63) is 23.5 Å². The van der Waals surface area contributed by atoms with Crippen molar-refractivity contribution < 1.29 is 4.79 Å². The van der Waals surface area contributed by atoms with Gasteiger partial charge in [-0.2, -0.15) is 0 Å². The number of unbranched alkanes of at least 4 members (excludes halogenated alkanes) is 3. The van der Waals surface area contributed by atoms with E-state index in [4.69, 9.17) is 0 Å². The highest BCUT2D eigenvalue weighted by molar-refractivity contribution is 6.07. The molecular weight excluding hydrogens is 262 g/mol. The van der Waals surface area contributed by atoms with E-state index < -0.39 is 5.41 Å². The number of carbonyl (C=O) groups is 1. The van der Waals surface area contributed by atoms with Crippen LogP contribution in [0.25, 0.3) is 11.0 Å². The van der Waals surface area contributed by atoms with Gasteiger partial charge in [0.2, 0.25) is 5.91 Å². The summed E-state index contributed by atoms with van der Waals surface area (Å²) in [7, 11) is 0. The van der Waals surface area contributed by atoms with Gasteiger partial charge in [-0.25, -0.2) is 4.98 Å². The van der Waals surface area contributed by atoms with E-state index in [1.807, 2.05) is 19.9 Å². The molecular formula is C17H23N3O. The number of amides is 1. The predicted molar refractivity (Wildman–Crippen MR) is 85.6 cm³/mol. The molecule has 0 fully saturated rings. The summed E-state index contributed by atoms with van der Waals surface area (Å²) in [5, 5.41) is 2.96. The SMILES string of the molecule is CCCCCCc1nc2cc3c(cc2[nH]1)NC(=O)C3(C)C. The highest BCUT2D eigenvalue weighted by atomic mass is 16.2. The molecule has 4 heteroatoms. The van der Waals surface area contributed by atoms with E-state index in [9.17, 15) is 4.79 Å². The highest BCUT2D eigenvalue weighted by Crippen LogP contribution is 2.39. The van der Waals surface area contributed by atoms with E-state index in [-0.39, 0.29) is 5.91 Å². The Balaban J connectivity index is 1.86. The molecule has 2 N–H and O–H groups in total. The van der Waals surface area contributed by atoms with E-state index in [1.165, 1.54) is 25.7 Å². The lowest BCUT2D eigenvalue weighted by atomic mass is 9.86. The molecule has 1 aromatic carbocycles. The summed E-state index contributed by atoms with van der Waals surface area (Å²) in [6.45, 7) is 6.13. The Bertz CT molecular complexity index is 685. The summed E-state index contributed by atoms with van der Waals surface area (Å²) in [4.78, 5) is 20.0. The van der Waals surface area contributed by atoms with Crippen molar-refractivity contribution in [1.82, 2.24) is 9.97 Å². The minimum absolute atomic E-state index is 0.0601. The number of hydrogen-bond acceptors (Lipinski definition) is 2. The number of H-pyrrole nitrogens is 1. The number of nitrogens with zero attached hydrogens (tertiary/aromatic N) is 1. The molecule has 1 aromatic heterocycles. The van der Waals surface area contributed by atoms with Crippen LogP contribution in [-0.4, -0.2) is 15.9 Å². The number of imidazole rings is 1. The van der Waals surface area contributed by atoms with Gasteiger partial charge in [0, 0.05) is 12.1 Å². The number of nitrogens with one attached hydrogen (secondary N) is 2. The number of fused-ring (bicyclic) bond motifs is 2. The topological polar surface area (TPSA) is 57.8 Å². The summed E-state index contributed by atoms with van der Waals surface area (Å²) >= 11 is 0. The van der Waals surface area contributed by atoms with Crippen LogP contribution in [0.4, 0.5) is 5.69 Å². The molecule has 2 aromatic rings. The third kappa shape index (κ3) is 2.43. The Morgan fingerprint density at radius 1 is 1.19 bits per heavy atom. The van der Waals surface area contributed by atoms with Crippen LogP contribution in [0.5, 0.6) is 0 Å². The van der Waals surface area contributed by atoms with E-state index in [0.29, 0.717) is 0 Å². The number of aryl methyl sites for hydroxylation is 1. The van der Waals surface area contributed by atoms with E-state index in [1.54, 1.807) is 0 Å². The molecule has 0 radical (unpaired) electrons. The second kappa shape index (κ2) is 5.17. The lowest BCUT2D eigenvalue weighted by Crippen LogP contribution is -2.26. The zero-order valence-corrected chi connectivity index (χ0v) is 13.0. The van der Waals surface area contributed by atoms with Crippen LogP contribution in [0.15, 0.2) is 12.1 Å². The third-order valence-electron chi connectivity index (χ3n) is 4.43. The van der Waals surface area contributed by atoms with Crippen molar-refractivity contribution in [3.8, 4) is 0 Å². The minimum atomic E-state index is -0.468. The average Bonchev–Trinajstić information content (AvgIpc) is 2.92. The zero-order chi connectivity index (χ0) is 15.0. The standard InChI is InChI=1S/C17H23N3O/c1-4-5-6-7-8-15-18-13-9-11-12(10-14(13)19-15)20-16(21)17(11,2)3/h9-10H,4-8H2,1-3H3,(H,18,19)(H,20,21). The van der Waals surface area contributed by atoms with Crippen molar-refractivity contribution in [2.75, 3.05) is 5.32 Å². The first-order valence-electron chi connectivity index (χ1n) is 7.87. The van der Waals surface area contributed by atoms with Gasteiger partial charge in [-0.1, -0.05) is 26.2 Å². The number of hydrogen-bond donors (Lipinski definition) is 2. The molecule has 0 saturated carbocycles. The van der Waals surface area contributed by atoms with E-state index in [0.717, 1.165) is 34.5 Å². The lowest BCUT2D eigenvalue weighted by Gasteiger charge is -2.14. The zero-order valence-electron chi connectivity index (χ0n) is 13.0. The van der Waals surface area contributed by atoms with Gasteiger partial charge in [-0.15, -0.1) is 0 Å². The van der Waals surface area contributed by atoms with Gasteiger partial charge < -0.3 is 10.3 Å². The Labute approximate surface area is 125 Å². The summed E-state index contributed by atoms with van der Waals surface area (Å²) in [5.41, 5.74) is 3.47. The second-order valence-corrected chi connectivity index (χ2v) is 6.49. The van der Waals surface area contributed by atoms with Gasteiger partial charge in [0.25, 0.3) is 0 Å². The van der Waals surface area contributed by atoms with Gasteiger partial charge in [-0.05, 0) is 38.0 Å². The molecule has 0 spiro atoms. The normalized spacial score (nSPS) is 16.2. The predicted octanol–water partition coefficient (Wildman–Crippen LogP) is 3.92. The van der Waals surface area contributed by atoms with Crippen LogP contribution in [0.2, 0.25) is 0 Å². The van der Waals surface area contributed by atoms with Gasteiger partial charge in [-0.3, -0.25) is 4.79 Å². The summed E-state index contributed by atoms with van der Waals surface area (Å²) in [5.74, 6) is 1.11. The minimum Gasteiger partial charge on any atom is -0.342 e. The molecule has 4 nitrogen and oxygen atoms in total. The molecule has 21 heavy (non-hydrogen) atoms. The van der Waals surface area contributed by atoms with E-state index >= 15 is 0 Å². The molecule has 3 rings (SSSR count). The molecule has 112 valence electrons. The Morgan fingerprint density at radius 3 is 2.76 bits per heavy atom. The van der Waals surface area contributed by atoms with Crippen molar-refractivity contribution in [2.24, 2.45) is 0 Å². The van der Waals surface area contributed by atoms with Gasteiger partial charge in [0.15, 0.2) is 0 Å². The molecule has 0 atom stereocenters. The summed E-state index contributed by atoms with van der Waals surface area (Å²) < 4.78 is 0. The third-order valence-corrected chi connectivity index (χ3v) is 4.43. The fourth-order valence-corrected chi connectivity index (χ4v) is 2.97. The van der Waals surface area contributed by atoms with Crippen LogP contribution >= 0.6 is 0 Å². The van der Waals surface area contributed by atoms with E-state index in [2.05, 4.69) is 28.3 Å². The largest absolute Gasteiger partial charge is 0.342 e. The summed E-state index contributed by atoms with van der Waals surface area (Å²) in [6, 6.07) is 4.06. The first kappa shape index (κ1) is 14.1. The van der Waals surface area contributed by atoms with Crippen molar-refractivity contribution in [1.29, 1.82) is 0 Å². The van der Waals surface area contributed by atoms with Crippen LogP contribution in [0.1, 0.15) is 57.8 Å². The van der Waals surface area contributed by atoms with Crippen LogP contribution < -0.4 is 5.32 Å². The first-order chi connectivity index (χ1) is 10.0. The fraction of sp³-hybridized carbons (Fsp3) is 0.529. The average molecular weight is 285 g/mol. The maximum Gasteiger partial charge on any atom is 0.234 e. The van der Waals surface area contributed by atoms with Crippen molar-refractivity contribution in [2.45, 2.75) is 58.3 Å². The molecule has 0 unspecified atom stereocenters. The number of rotatable bonds is 5. The fourth-order valence-electron chi connectivity index (χ4n) is 2.97. The number of benzene rings is 1. The monoisotopic (exact) mass is 285 g/mol. The quantitative estimate of drug-likeness (QED) is 0.818. The molecule has 2 heterocycles. The number of anilines is 1. The molecule has 0 saturated heterocycles. The van der Waals surface area contributed by atoms with Gasteiger partial charge in [0.05, 0.1) is 16.4 Å². The van der Waals surface area contributed by atoms with Crippen molar-refractivity contribution in [3.63, 3.8) is 0 Å². The molecule has 0 bridgehead atoms. The number of aromatic amines is 1. The Morgan fingerprint density at radius 2 is 2.00 bits per heavy atom. The van der Waals surface area contributed by atoms with Crippen molar-refractivity contribution >= 4 is 22.6 Å². The second-order valence-electron chi connectivity index (χ2n) is 6.49. The highest BCUT2D eigenvalue weighted by Gasteiger charge is 2.38. The number of aromatic nitrogens is 2. The maximum atomic E-state index is 12.0. The number of carbonyl (C=O) groups excluding carboxylic acids is 1. The lowest BCUT2D eigenvalue weighted by molar-refractivity contribution is -0.119. The molecule has 1 aliphatic rings. The molecule has 1 aliphatic heterocycles. The first-order valence-corrected chi connectivity index (χ1v) is 7.87. The van der Waals surface area contributed by atoms with Crippen LogP contribution in [0, 0.1) is 0 Å². The Hall–Kier alpha value is -1.84. The Kier molecular flexibility index (Phi) is 3.47. The maximum absolute atomic E-state index is 12.0. The van der Waals surface area contributed by atoms with Gasteiger partial charge in [0.1, 0.15) is 5.82 Å². The van der Waals surface area contributed by atoms with Crippen LogP contribution in [-0.2, 0) is 16.6 Å². The van der Waals surface area contributed by atoms with Crippen LogP contribution in [0.3, 0.4) is 0 Å². The summed E-state index contributed by atoms with van der Waals surface area (Å²) in [6.07, 6.45) is 5.97. The van der Waals surface area contributed by atoms with Gasteiger partial charge >= 0.3 is 0 Å². The smallest absolute Gasteiger partial charge is 0.234 e. The molecule has 1 amide bonds. The molecule has 0 aliphatic carbocycles.